The van der Waals surface area contributed by atoms with Gasteiger partial charge in [-0.05, 0) is 54.3 Å². The van der Waals surface area contributed by atoms with Crippen molar-refractivity contribution in [2.75, 3.05) is 18.1 Å². The summed E-state index contributed by atoms with van der Waals surface area (Å²) in [5.74, 6) is 1.49. The molecule has 1 aliphatic heterocycles. The summed E-state index contributed by atoms with van der Waals surface area (Å²) in [7, 11) is 0. The van der Waals surface area contributed by atoms with Crippen LogP contribution in [0.3, 0.4) is 0 Å². The van der Waals surface area contributed by atoms with E-state index in [1.54, 1.807) is 17.0 Å². The van der Waals surface area contributed by atoms with Crippen LogP contribution >= 0.6 is 0 Å². The molecular weight excluding hydrogens is 453 g/mol. The van der Waals surface area contributed by atoms with E-state index in [0.717, 1.165) is 52.0 Å². The Morgan fingerprint density at radius 3 is 2.58 bits per heavy atom. The van der Waals surface area contributed by atoms with Gasteiger partial charge in [0.2, 0.25) is 5.91 Å². The lowest BCUT2D eigenvalue weighted by molar-refractivity contribution is -0.117. The van der Waals surface area contributed by atoms with Gasteiger partial charge in [-0.1, -0.05) is 48.5 Å². The summed E-state index contributed by atoms with van der Waals surface area (Å²) in [6.07, 6.45) is 1.19. The Morgan fingerprint density at radius 2 is 1.69 bits per heavy atom. The first kappa shape index (κ1) is 22.3. The molecule has 0 bridgehead atoms. The third-order valence-corrected chi connectivity index (χ3v) is 6.85. The summed E-state index contributed by atoms with van der Waals surface area (Å²) in [5, 5.41) is 2.27. The first-order chi connectivity index (χ1) is 17.7. The van der Waals surface area contributed by atoms with Crippen LogP contribution in [-0.4, -0.2) is 28.6 Å². The first-order valence-electron chi connectivity index (χ1n) is 12.3. The number of benzene rings is 4. The second-order valence-corrected chi connectivity index (χ2v) is 9.17. The van der Waals surface area contributed by atoms with Crippen molar-refractivity contribution in [1.29, 1.82) is 0 Å². The van der Waals surface area contributed by atoms with Crippen LogP contribution in [-0.2, 0) is 11.3 Å². The highest BCUT2D eigenvalue weighted by Crippen LogP contribution is 2.33. The molecule has 6 heteroatoms. The maximum absolute atomic E-state index is 13.4. The van der Waals surface area contributed by atoms with E-state index in [9.17, 15) is 9.18 Å². The Bertz CT molecular complexity index is 1540. The standard InChI is InChI=1S/C30H26FN3O2/c31-23-13-15-24(16-14-23)34-20-22(19-29(34)35)30-32-26-10-3-4-11-27(26)33(30)17-6-18-36-28-12-5-8-21-7-1-2-9-25(21)28/h1-5,7-16,22H,6,17-20H2. The fourth-order valence-electron chi connectivity index (χ4n) is 5.12. The molecule has 36 heavy (non-hydrogen) atoms. The van der Waals surface area contributed by atoms with Crippen molar-refractivity contribution in [3.8, 4) is 5.75 Å². The fraction of sp³-hybridized carbons (Fsp3) is 0.200. The van der Waals surface area contributed by atoms with E-state index in [-0.39, 0.29) is 17.6 Å². The van der Waals surface area contributed by atoms with Crippen LogP contribution in [0.15, 0.2) is 91.0 Å². The van der Waals surface area contributed by atoms with Crippen molar-refractivity contribution in [2.45, 2.75) is 25.3 Å². The molecule has 1 amide bonds. The molecule has 0 saturated carbocycles. The lowest BCUT2D eigenvalue weighted by Crippen LogP contribution is -2.24. The largest absolute Gasteiger partial charge is 0.493 e. The highest BCUT2D eigenvalue weighted by atomic mass is 19.1. The van der Waals surface area contributed by atoms with Gasteiger partial charge >= 0.3 is 0 Å². The van der Waals surface area contributed by atoms with Crippen molar-refractivity contribution < 1.29 is 13.9 Å². The molecule has 1 aromatic heterocycles. The summed E-state index contributed by atoms with van der Waals surface area (Å²) >= 11 is 0. The molecule has 180 valence electrons. The molecular formula is C30H26FN3O2. The summed E-state index contributed by atoms with van der Waals surface area (Å²) < 4.78 is 21.8. The minimum atomic E-state index is -0.311. The van der Waals surface area contributed by atoms with Gasteiger partial charge in [-0.25, -0.2) is 9.37 Å². The molecule has 1 atom stereocenters. The zero-order valence-electron chi connectivity index (χ0n) is 19.8. The number of carbonyl (C=O) groups is 1. The topological polar surface area (TPSA) is 47.4 Å². The van der Waals surface area contributed by atoms with Gasteiger partial charge in [-0.3, -0.25) is 4.79 Å². The molecule has 0 radical (unpaired) electrons. The Balaban J connectivity index is 1.21. The summed E-state index contributed by atoms with van der Waals surface area (Å²) in [4.78, 5) is 19.5. The summed E-state index contributed by atoms with van der Waals surface area (Å²) in [5.41, 5.74) is 2.70. The van der Waals surface area contributed by atoms with Crippen molar-refractivity contribution in [3.05, 3.63) is 103 Å². The molecule has 5 aromatic rings. The number of halogens is 1. The summed E-state index contributed by atoms with van der Waals surface area (Å²) in [6, 6.07) is 28.5. The van der Waals surface area contributed by atoms with Crippen LogP contribution in [0, 0.1) is 5.82 Å². The molecule has 1 saturated heterocycles. The Labute approximate surface area is 208 Å². The van der Waals surface area contributed by atoms with Gasteiger partial charge in [0, 0.05) is 36.5 Å². The number of fused-ring (bicyclic) bond motifs is 2. The lowest BCUT2D eigenvalue weighted by atomic mass is 10.1. The van der Waals surface area contributed by atoms with E-state index in [0.29, 0.717) is 19.6 Å². The number of aromatic nitrogens is 2. The first-order valence-corrected chi connectivity index (χ1v) is 12.3. The van der Waals surface area contributed by atoms with Gasteiger partial charge in [0.1, 0.15) is 17.4 Å². The van der Waals surface area contributed by atoms with Crippen molar-refractivity contribution in [1.82, 2.24) is 9.55 Å². The van der Waals surface area contributed by atoms with E-state index in [1.807, 2.05) is 42.5 Å². The van der Waals surface area contributed by atoms with Crippen LogP contribution in [0.25, 0.3) is 21.8 Å². The number of hydrogen-bond acceptors (Lipinski definition) is 3. The highest BCUT2D eigenvalue weighted by molar-refractivity contribution is 5.96. The van der Waals surface area contributed by atoms with Gasteiger partial charge in [0.15, 0.2) is 0 Å². The molecule has 0 aliphatic carbocycles. The van der Waals surface area contributed by atoms with E-state index < -0.39 is 0 Å². The average molecular weight is 480 g/mol. The minimum absolute atomic E-state index is 0.0319. The predicted molar refractivity (Wildman–Crippen MR) is 140 cm³/mol. The normalized spacial score (nSPS) is 15.8. The van der Waals surface area contributed by atoms with Crippen molar-refractivity contribution >= 4 is 33.4 Å². The maximum Gasteiger partial charge on any atom is 0.227 e. The van der Waals surface area contributed by atoms with E-state index >= 15 is 0 Å². The molecule has 1 unspecified atom stereocenters. The Hall–Kier alpha value is -4.19. The second kappa shape index (κ2) is 9.46. The van der Waals surface area contributed by atoms with E-state index in [4.69, 9.17) is 9.72 Å². The smallest absolute Gasteiger partial charge is 0.227 e. The Kier molecular flexibility index (Phi) is 5.85. The average Bonchev–Trinajstić information content (AvgIpc) is 3.47. The second-order valence-electron chi connectivity index (χ2n) is 9.17. The predicted octanol–water partition coefficient (Wildman–Crippen LogP) is 6.32. The molecule has 5 nitrogen and oxygen atoms in total. The van der Waals surface area contributed by atoms with Crippen LogP contribution in [0.2, 0.25) is 0 Å². The van der Waals surface area contributed by atoms with Crippen LogP contribution in [0.1, 0.15) is 24.6 Å². The number of anilines is 1. The number of imidazole rings is 1. The molecule has 4 aromatic carbocycles. The summed E-state index contributed by atoms with van der Waals surface area (Å²) in [6.45, 7) is 1.84. The van der Waals surface area contributed by atoms with Crippen LogP contribution < -0.4 is 9.64 Å². The number of nitrogens with zero attached hydrogens (tertiary/aromatic N) is 3. The van der Waals surface area contributed by atoms with Crippen LogP contribution in [0.5, 0.6) is 5.75 Å². The molecule has 0 spiro atoms. The number of ether oxygens (including phenoxy) is 1. The van der Waals surface area contributed by atoms with Crippen LogP contribution in [0.4, 0.5) is 10.1 Å². The SMILES string of the molecule is O=C1CC(c2nc3ccccc3n2CCCOc2cccc3ccccc23)CN1c1ccc(F)cc1. The molecule has 0 N–H and O–H groups in total. The van der Waals surface area contributed by atoms with Gasteiger partial charge < -0.3 is 14.2 Å². The van der Waals surface area contributed by atoms with Gasteiger partial charge in [0.25, 0.3) is 0 Å². The zero-order chi connectivity index (χ0) is 24.5. The highest BCUT2D eigenvalue weighted by Gasteiger charge is 2.34. The third kappa shape index (κ3) is 4.19. The van der Waals surface area contributed by atoms with Gasteiger partial charge in [-0.2, -0.15) is 0 Å². The van der Waals surface area contributed by atoms with Gasteiger partial charge in [0.05, 0.1) is 17.6 Å². The maximum atomic E-state index is 13.4. The number of para-hydroxylation sites is 2. The van der Waals surface area contributed by atoms with Gasteiger partial charge in [-0.15, -0.1) is 0 Å². The van der Waals surface area contributed by atoms with E-state index in [2.05, 4.69) is 28.8 Å². The minimum Gasteiger partial charge on any atom is -0.493 e. The fourth-order valence-corrected chi connectivity index (χ4v) is 5.12. The third-order valence-electron chi connectivity index (χ3n) is 6.85. The number of amides is 1. The molecule has 2 heterocycles. The van der Waals surface area contributed by atoms with Crippen molar-refractivity contribution in [2.24, 2.45) is 0 Å². The molecule has 1 aliphatic rings. The molecule has 6 rings (SSSR count). The number of rotatable bonds is 7. The number of hydrogen-bond donors (Lipinski definition) is 0. The zero-order valence-corrected chi connectivity index (χ0v) is 19.8. The monoisotopic (exact) mass is 479 g/mol. The van der Waals surface area contributed by atoms with E-state index in [1.165, 1.54) is 12.1 Å². The number of carbonyl (C=O) groups excluding carboxylic acids is 1. The lowest BCUT2D eigenvalue weighted by Gasteiger charge is -2.17. The quantitative estimate of drug-likeness (QED) is 0.257. The van der Waals surface area contributed by atoms with Crippen molar-refractivity contribution in [3.63, 3.8) is 0 Å². The number of aryl methyl sites for hydroxylation is 1. The Morgan fingerprint density at radius 1 is 0.917 bits per heavy atom. The molecule has 1 fully saturated rings.